The van der Waals surface area contributed by atoms with Crippen molar-refractivity contribution in [2.24, 2.45) is 5.92 Å². The van der Waals surface area contributed by atoms with Gasteiger partial charge in [-0.05, 0) is 30.0 Å². The van der Waals surface area contributed by atoms with Crippen molar-refractivity contribution < 1.29 is 27.5 Å². The van der Waals surface area contributed by atoms with Crippen LogP contribution in [0.5, 0.6) is 0 Å². The smallest absolute Gasteiger partial charge is 0.338 e. The first-order chi connectivity index (χ1) is 12.1. The summed E-state index contributed by atoms with van der Waals surface area (Å²) < 4.78 is 27.4. The van der Waals surface area contributed by atoms with Gasteiger partial charge in [-0.3, -0.25) is 10.1 Å². The number of imide groups is 1. The van der Waals surface area contributed by atoms with Crippen molar-refractivity contribution in [2.45, 2.75) is 26.0 Å². The Morgan fingerprint density at radius 3 is 2.50 bits per heavy atom. The number of hydrogen-bond acceptors (Lipinski definition) is 6. The predicted octanol–water partition coefficient (Wildman–Crippen LogP) is 1.26. The number of nitrogens with one attached hydrogen (secondary N) is 2. The van der Waals surface area contributed by atoms with E-state index in [1.54, 1.807) is 6.07 Å². The normalized spacial score (nSPS) is 11.1. The van der Waals surface area contributed by atoms with Gasteiger partial charge in [0.2, 0.25) is 0 Å². The Hall–Kier alpha value is -2.42. The molecule has 1 aromatic carbocycles. The maximum Gasteiger partial charge on any atom is 0.338 e. The van der Waals surface area contributed by atoms with Crippen molar-refractivity contribution in [1.29, 1.82) is 0 Å². The number of rotatable bonds is 8. The first kappa shape index (κ1) is 21.6. The highest BCUT2D eigenvalue weighted by Crippen LogP contribution is 2.10. The van der Waals surface area contributed by atoms with Crippen molar-refractivity contribution in [2.75, 3.05) is 19.4 Å². The summed E-state index contributed by atoms with van der Waals surface area (Å²) in [5, 5.41) is 4.58. The number of esters is 1. The second-order valence-corrected chi connectivity index (χ2v) is 8.47. The van der Waals surface area contributed by atoms with Crippen LogP contribution in [0.3, 0.4) is 0 Å². The maximum atomic E-state index is 11.9. The summed E-state index contributed by atoms with van der Waals surface area (Å²) in [7, 11) is -3.23. The molecule has 3 amide bonds. The van der Waals surface area contributed by atoms with E-state index in [1.165, 1.54) is 18.2 Å². The molecular weight excluding hydrogens is 360 g/mol. The fourth-order valence-corrected chi connectivity index (χ4v) is 2.77. The molecule has 1 aromatic rings. The van der Waals surface area contributed by atoms with E-state index in [1.807, 2.05) is 13.8 Å². The number of hydrogen-bond donors (Lipinski definition) is 2. The average Bonchev–Trinajstić information content (AvgIpc) is 2.50. The number of ether oxygens (including phenoxy) is 1. The van der Waals surface area contributed by atoms with Crippen LogP contribution in [-0.4, -0.2) is 45.7 Å². The van der Waals surface area contributed by atoms with Gasteiger partial charge in [0.1, 0.15) is 0 Å². The molecule has 0 aliphatic heterocycles. The van der Waals surface area contributed by atoms with Gasteiger partial charge >= 0.3 is 12.0 Å². The van der Waals surface area contributed by atoms with Crippen LogP contribution in [0, 0.1) is 5.92 Å². The minimum Gasteiger partial charge on any atom is -0.452 e. The minimum absolute atomic E-state index is 0.125. The zero-order valence-electron chi connectivity index (χ0n) is 15.1. The molecule has 8 nitrogen and oxygen atoms in total. The number of carbonyl (C=O) groups excluding carboxylic acids is 3. The highest BCUT2D eigenvalue weighted by atomic mass is 32.2. The standard InChI is InChI=1S/C17H24N2O6S/c1-12(2)7-8-18-17(22)19-15(20)10-25-16(21)14-6-4-5-13(9-14)11-26(3,23)24/h4-6,9,12H,7-8,10-11H2,1-3H3,(H2,18,19,20,22). The first-order valence-electron chi connectivity index (χ1n) is 8.08. The number of urea groups is 1. The Labute approximate surface area is 153 Å². The summed E-state index contributed by atoms with van der Waals surface area (Å²) in [6.07, 6.45) is 1.87. The molecule has 144 valence electrons. The molecule has 0 spiro atoms. The molecular formula is C17H24N2O6S. The van der Waals surface area contributed by atoms with E-state index in [4.69, 9.17) is 4.74 Å². The topological polar surface area (TPSA) is 119 Å². The summed E-state index contributed by atoms with van der Waals surface area (Å²) in [6, 6.07) is 5.29. The molecule has 0 saturated carbocycles. The lowest BCUT2D eigenvalue weighted by Crippen LogP contribution is -2.41. The fourth-order valence-electron chi connectivity index (χ4n) is 1.99. The molecule has 1 rings (SSSR count). The van der Waals surface area contributed by atoms with Gasteiger partial charge in [0.25, 0.3) is 5.91 Å². The maximum absolute atomic E-state index is 11.9. The van der Waals surface area contributed by atoms with E-state index in [0.29, 0.717) is 18.0 Å². The van der Waals surface area contributed by atoms with Gasteiger partial charge < -0.3 is 10.1 Å². The minimum atomic E-state index is -3.23. The monoisotopic (exact) mass is 384 g/mol. The van der Waals surface area contributed by atoms with E-state index in [9.17, 15) is 22.8 Å². The summed E-state index contributed by atoms with van der Waals surface area (Å²) in [6.45, 7) is 3.83. The van der Waals surface area contributed by atoms with Gasteiger partial charge in [-0.1, -0.05) is 26.0 Å². The van der Waals surface area contributed by atoms with Crippen LogP contribution in [0.2, 0.25) is 0 Å². The molecule has 0 aliphatic rings. The number of benzene rings is 1. The van der Waals surface area contributed by atoms with Gasteiger partial charge in [-0.2, -0.15) is 0 Å². The van der Waals surface area contributed by atoms with E-state index in [2.05, 4.69) is 10.6 Å². The molecule has 0 aromatic heterocycles. The van der Waals surface area contributed by atoms with Gasteiger partial charge in [-0.25, -0.2) is 18.0 Å². The lowest BCUT2D eigenvalue weighted by Gasteiger charge is -2.09. The van der Waals surface area contributed by atoms with Gasteiger partial charge in [0.05, 0.1) is 11.3 Å². The van der Waals surface area contributed by atoms with Crippen LogP contribution >= 0.6 is 0 Å². The summed E-state index contributed by atoms with van der Waals surface area (Å²) in [5.41, 5.74) is 0.566. The summed E-state index contributed by atoms with van der Waals surface area (Å²) in [5.74, 6) is -1.32. The zero-order chi connectivity index (χ0) is 19.7. The van der Waals surface area contributed by atoms with Gasteiger partial charge in [0.15, 0.2) is 16.4 Å². The van der Waals surface area contributed by atoms with Crippen LogP contribution in [0.15, 0.2) is 24.3 Å². The predicted molar refractivity (Wildman–Crippen MR) is 96.3 cm³/mol. The zero-order valence-corrected chi connectivity index (χ0v) is 15.9. The van der Waals surface area contributed by atoms with Crippen molar-refractivity contribution in [3.05, 3.63) is 35.4 Å². The molecule has 26 heavy (non-hydrogen) atoms. The third-order valence-electron chi connectivity index (χ3n) is 3.19. The fraction of sp³-hybridized carbons (Fsp3) is 0.471. The molecule has 0 atom stereocenters. The van der Waals surface area contributed by atoms with E-state index >= 15 is 0 Å². The average molecular weight is 384 g/mol. The third kappa shape index (κ3) is 9.16. The molecule has 0 bridgehead atoms. The largest absolute Gasteiger partial charge is 0.452 e. The number of sulfone groups is 1. The van der Waals surface area contributed by atoms with Crippen LogP contribution in [0.4, 0.5) is 4.79 Å². The molecule has 9 heteroatoms. The molecule has 0 radical (unpaired) electrons. The second-order valence-electron chi connectivity index (χ2n) is 6.33. The molecule has 0 fully saturated rings. The highest BCUT2D eigenvalue weighted by molar-refractivity contribution is 7.89. The van der Waals surface area contributed by atoms with Crippen molar-refractivity contribution in [3.8, 4) is 0 Å². The lowest BCUT2D eigenvalue weighted by molar-refractivity contribution is -0.123. The summed E-state index contributed by atoms with van der Waals surface area (Å²) >= 11 is 0. The molecule has 2 N–H and O–H groups in total. The van der Waals surface area contributed by atoms with Gasteiger partial charge in [0, 0.05) is 12.8 Å². The van der Waals surface area contributed by atoms with Crippen LogP contribution in [-0.2, 0) is 25.1 Å². The SMILES string of the molecule is CC(C)CCNC(=O)NC(=O)COC(=O)c1cccc(CS(C)(=O)=O)c1. The van der Waals surface area contributed by atoms with Crippen LogP contribution in [0.25, 0.3) is 0 Å². The van der Waals surface area contributed by atoms with E-state index in [-0.39, 0.29) is 11.3 Å². The summed E-state index contributed by atoms with van der Waals surface area (Å²) in [4.78, 5) is 35.0. The Balaban J connectivity index is 2.47. The molecule has 0 heterocycles. The Morgan fingerprint density at radius 2 is 1.88 bits per heavy atom. The van der Waals surface area contributed by atoms with Crippen LogP contribution < -0.4 is 10.6 Å². The van der Waals surface area contributed by atoms with E-state index in [0.717, 1.165) is 12.7 Å². The van der Waals surface area contributed by atoms with Gasteiger partial charge in [-0.15, -0.1) is 0 Å². The quantitative estimate of drug-likeness (QED) is 0.651. The van der Waals surface area contributed by atoms with E-state index < -0.39 is 34.4 Å². The lowest BCUT2D eigenvalue weighted by atomic mass is 10.1. The van der Waals surface area contributed by atoms with Crippen LogP contribution in [0.1, 0.15) is 36.2 Å². The van der Waals surface area contributed by atoms with Crippen molar-refractivity contribution in [1.82, 2.24) is 10.6 Å². The molecule has 0 saturated heterocycles. The Kier molecular flexibility index (Phi) is 8.24. The number of amides is 3. The highest BCUT2D eigenvalue weighted by Gasteiger charge is 2.14. The van der Waals surface area contributed by atoms with Crippen molar-refractivity contribution >= 4 is 27.7 Å². The Morgan fingerprint density at radius 1 is 1.19 bits per heavy atom. The second kappa shape index (κ2) is 9.91. The third-order valence-corrected chi connectivity index (χ3v) is 4.04. The molecule has 0 unspecified atom stereocenters. The number of carbonyl (C=O) groups is 3. The first-order valence-corrected chi connectivity index (χ1v) is 10.1. The molecule has 0 aliphatic carbocycles. The van der Waals surface area contributed by atoms with Crippen molar-refractivity contribution in [3.63, 3.8) is 0 Å². The Bertz CT molecular complexity index is 758.